The van der Waals surface area contributed by atoms with Gasteiger partial charge in [0.05, 0.1) is 0 Å². The van der Waals surface area contributed by atoms with Gasteiger partial charge in [0.25, 0.3) is 5.91 Å². The van der Waals surface area contributed by atoms with Gasteiger partial charge in [-0.1, -0.05) is 38.0 Å². The number of carbonyl (C=O) groups excluding carboxylic acids is 3. The third kappa shape index (κ3) is 3.01. The van der Waals surface area contributed by atoms with Crippen LogP contribution in [0, 0.1) is 18.8 Å². The summed E-state index contributed by atoms with van der Waals surface area (Å²) in [5.41, 5.74) is 0.880. The molecule has 1 aliphatic heterocycles. The Morgan fingerprint density at radius 2 is 1.80 bits per heavy atom. The molecule has 1 spiro atoms. The molecule has 1 aliphatic carbocycles. The van der Waals surface area contributed by atoms with Crippen LogP contribution in [-0.2, 0) is 9.59 Å². The van der Waals surface area contributed by atoms with Crippen molar-refractivity contribution in [3.63, 3.8) is 0 Å². The zero-order valence-corrected chi connectivity index (χ0v) is 15.0. The first-order chi connectivity index (χ1) is 11.8. The maximum absolute atomic E-state index is 13.0. The first-order valence-corrected chi connectivity index (χ1v) is 8.85. The normalized spacial score (nSPS) is 25.2. The van der Waals surface area contributed by atoms with Gasteiger partial charge in [-0.05, 0) is 43.7 Å². The van der Waals surface area contributed by atoms with E-state index in [1.807, 2.05) is 32.9 Å². The molecule has 1 aromatic carbocycles. The Hall–Kier alpha value is -2.37. The van der Waals surface area contributed by atoms with Gasteiger partial charge in [0.2, 0.25) is 5.91 Å². The van der Waals surface area contributed by atoms with Crippen molar-refractivity contribution >= 4 is 23.5 Å². The van der Waals surface area contributed by atoms with E-state index in [-0.39, 0.29) is 30.2 Å². The fraction of sp³-hybridized carbons (Fsp3) is 0.526. The first kappa shape index (κ1) is 17.5. The quantitative estimate of drug-likeness (QED) is 0.828. The second-order valence-corrected chi connectivity index (χ2v) is 7.34. The lowest BCUT2D eigenvalue weighted by molar-refractivity contribution is -0.138. The highest BCUT2D eigenvalue weighted by atomic mass is 16.2. The highest BCUT2D eigenvalue weighted by Gasteiger charge is 2.58. The summed E-state index contributed by atoms with van der Waals surface area (Å²) in [6.45, 7) is 5.71. The van der Waals surface area contributed by atoms with Crippen LogP contribution in [0.3, 0.4) is 0 Å². The van der Waals surface area contributed by atoms with Crippen LogP contribution < -0.4 is 10.6 Å². The molecule has 3 rings (SSSR count). The van der Waals surface area contributed by atoms with Gasteiger partial charge in [-0.3, -0.25) is 14.5 Å². The van der Waals surface area contributed by atoms with Gasteiger partial charge in [0, 0.05) is 5.69 Å². The first-order valence-electron chi connectivity index (χ1n) is 8.85. The van der Waals surface area contributed by atoms with Crippen molar-refractivity contribution in [1.29, 1.82) is 0 Å². The van der Waals surface area contributed by atoms with Crippen LogP contribution in [-0.4, -0.2) is 34.8 Å². The van der Waals surface area contributed by atoms with E-state index in [2.05, 4.69) is 10.6 Å². The zero-order valence-electron chi connectivity index (χ0n) is 15.0. The molecule has 0 radical (unpaired) electrons. The summed E-state index contributed by atoms with van der Waals surface area (Å²) in [6, 6.07) is 6.91. The van der Waals surface area contributed by atoms with E-state index in [0.717, 1.165) is 29.7 Å². The maximum atomic E-state index is 13.0. The maximum Gasteiger partial charge on any atom is 0.325 e. The Morgan fingerprint density at radius 1 is 1.20 bits per heavy atom. The van der Waals surface area contributed by atoms with Gasteiger partial charge in [-0.25, -0.2) is 4.79 Å². The van der Waals surface area contributed by atoms with Gasteiger partial charge in [0.15, 0.2) is 0 Å². The molecular weight excluding hydrogens is 318 g/mol. The van der Waals surface area contributed by atoms with E-state index in [0.29, 0.717) is 5.69 Å². The number of anilines is 1. The molecule has 25 heavy (non-hydrogen) atoms. The van der Waals surface area contributed by atoms with E-state index in [1.165, 1.54) is 0 Å². The molecule has 2 fully saturated rings. The van der Waals surface area contributed by atoms with Crippen molar-refractivity contribution in [3.05, 3.63) is 29.8 Å². The molecule has 0 bridgehead atoms. The number of hydrogen-bond acceptors (Lipinski definition) is 3. The minimum Gasteiger partial charge on any atom is -0.325 e. The van der Waals surface area contributed by atoms with Gasteiger partial charge < -0.3 is 10.6 Å². The summed E-state index contributed by atoms with van der Waals surface area (Å²) >= 11 is 0. The predicted octanol–water partition coefficient (Wildman–Crippen LogP) is 2.68. The Morgan fingerprint density at radius 3 is 2.40 bits per heavy atom. The Balaban J connectivity index is 1.72. The lowest BCUT2D eigenvalue weighted by atomic mass is 9.67. The van der Waals surface area contributed by atoms with Crippen LogP contribution in [0.5, 0.6) is 0 Å². The number of amides is 4. The lowest BCUT2D eigenvalue weighted by Crippen LogP contribution is -2.59. The van der Waals surface area contributed by atoms with E-state index in [4.69, 9.17) is 0 Å². The minimum atomic E-state index is -0.862. The molecule has 1 aromatic rings. The molecular formula is C19H25N3O3. The van der Waals surface area contributed by atoms with E-state index in [9.17, 15) is 14.4 Å². The van der Waals surface area contributed by atoms with Gasteiger partial charge in [-0.15, -0.1) is 0 Å². The summed E-state index contributed by atoms with van der Waals surface area (Å²) in [4.78, 5) is 38.8. The Bertz CT molecular complexity index is 688. The molecule has 4 amide bonds. The number of nitrogens with zero attached hydrogens (tertiary/aromatic N) is 1. The number of aryl methyl sites for hydroxylation is 1. The number of rotatable bonds is 3. The smallest absolute Gasteiger partial charge is 0.325 e. The fourth-order valence-electron chi connectivity index (χ4n) is 4.08. The molecule has 2 atom stereocenters. The molecule has 1 saturated carbocycles. The largest absolute Gasteiger partial charge is 0.325 e. The standard InChI is InChI=1S/C19H25N3O3/c1-12-7-9-15(10-8-12)20-16(23)11-22-17(24)19(21-18(22)25)13(2)5-4-6-14(19)3/h7-10,13-14H,4-6,11H2,1-3H3,(H,20,23)(H,21,25)/t13-,14-/m0/s1. The van der Waals surface area contributed by atoms with Gasteiger partial charge >= 0.3 is 6.03 Å². The molecule has 134 valence electrons. The number of urea groups is 1. The van der Waals surface area contributed by atoms with Crippen LogP contribution in [0.1, 0.15) is 38.7 Å². The Labute approximate surface area is 148 Å². The number of imide groups is 1. The van der Waals surface area contributed by atoms with Crippen molar-refractivity contribution in [2.45, 2.75) is 45.6 Å². The molecule has 6 heteroatoms. The SMILES string of the molecule is Cc1ccc(NC(=O)CN2C(=O)NC3(C2=O)[C@@H](C)CCC[C@@H]3C)cc1. The highest BCUT2D eigenvalue weighted by molar-refractivity contribution is 6.10. The van der Waals surface area contributed by atoms with E-state index in [1.54, 1.807) is 12.1 Å². The average Bonchev–Trinajstić information content (AvgIpc) is 2.81. The third-order valence-electron chi connectivity index (χ3n) is 5.62. The predicted molar refractivity (Wildman–Crippen MR) is 95.0 cm³/mol. The van der Waals surface area contributed by atoms with Crippen LogP contribution in [0.25, 0.3) is 0 Å². The summed E-state index contributed by atoms with van der Waals surface area (Å²) in [7, 11) is 0. The van der Waals surface area contributed by atoms with E-state index >= 15 is 0 Å². The van der Waals surface area contributed by atoms with Crippen molar-refractivity contribution < 1.29 is 14.4 Å². The summed E-state index contributed by atoms with van der Waals surface area (Å²) < 4.78 is 0. The van der Waals surface area contributed by atoms with E-state index < -0.39 is 11.6 Å². The van der Waals surface area contributed by atoms with Crippen LogP contribution in [0.4, 0.5) is 10.5 Å². The van der Waals surface area contributed by atoms with Crippen molar-refractivity contribution in [2.75, 3.05) is 11.9 Å². The highest BCUT2D eigenvalue weighted by Crippen LogP contribution is 2.42. The zero-order chi connectivity index (χ0) is 18.2. The fourth-order valence-corrected chi connectivity index (χ4v) is 4.08. The molecule has 0 unspecified atom stereocenters. The molecule has 1 heterocycles. The molecule has 0 aromatic heterocycles. The Kier molecular flexibility index (Phi) is 4.54. The molecule has 1 saturated heterocycles. The number of hydrogen-bond donors (Lipinski definition) is 2. The topological polar surface area (TPSA) is 78.5 Å². The van der Waals surface area contributed by atoms with Crippen molar-refractivity contribution in [2.24, 2.45) is 11.8 Å². The molecule has 6 nitrogen and oxygen atoms in total. The average molecular weight is 343 g/mol. The van der Waals surface area contributed by atoms with Gasteiger partial charge in [-0.2, -0.15) is 0 Å². The summed E-state index contributed by atoms with van der Waals surface area (Å²) in [6.07, 6.45) is 2.86. The van der Waals surface area contributed by atoms with Gasteiger partial charge in [0.1, 0.15) is 12.1 Å². The van der Waals surface area contributed by atoms with Crippen molar-refractivity contribution in [1.82, 2.24) is 10.2 Å². The number of benzene rings is 1. The second-order valence-electron chi connectivity index (χ2n) is 7.34. The van der Waals surface area contributed by atoms with Crippen LogP contribution in [0.15, 0.2) is 24.3 Å². The van der Waals surface area contributed by atoms with Crippen LogP contribution in [0.2, 0.25) is 0 Å². The number of carbonyl (C=O) groups is 3. The monoisotopic (exact) mass is 343 g/mol. The second kappa shape index (κ2) is 6.50. The number of nitrogens with one attached hydrogen (secondary N) is 2. The summed E-state index contributed by atoms with van der Waals surface area (Å²) in [5.74, 6) is -0.507. The molecule has 2 aliphatic rings. The summed E-state index contributed by atoms with van der Waals surface area (Å²) in [5, 5.41) is 5.64. The molecule has 2 N–H and O–H groups in total. The van der Waals surface area contributed by atoms with Crippen LogP contribution >= 0.6 is 0 Å². The minimum absolute atomic E-state index is 0.0675. The third-order valence-corrected chi connectivity index (χ3v) is 5.62. The van der Waals surface area contributed by atoms with Crippen molar-refractivity contribution in [3.8, 4) is 0 Å². The lowest BCUT2D eigenvalue weighted by Gasteiger charge is -2.42.